The molecular weight excluding hydrogens is 90.1 g/mol. The van der Waals surface area contributed by atoms with Crippen molar-refractivity contribution in [3.05, 3.63) is 12.2 Å². The van der Waals surface area contributed by atoms with E-state index < -0.39 is 6.10 Å². The quantitative estimate of drug-likeness (QED) is 0.476. The molecule has 42 valence electrons. The van der Waals surface area contributed by atoms with Crippen LogP contribution in [0.1, 0.15) is 6.92 Å². The summed E-state index contributed by atoms with van der Waals surface area (Å²) in [7, 11) is 0. The first-order valence-electron chi connectivity index (χ1n) is 2.32. The van der Waals surface area contributed by atoms with Gasteiger partial charge in [0.25, 0.3) is 0 Å². The molecule has 3 N–H and O–H groups in total. The maximum Gasteiger partial charge on any atom is 0.0843 e. The number of hydrogen-bond donors (Lipinski definition) is 2. The van der Waals surface area contributed by atoms with Gasteiger partial charge in [0.05, 0.1) is 6.10 Å². The van der Waals surface area contributed by atoms with Crippen molar-refractivity contribution in [2.75, 3.05) is 6.54 Å². The zero-order chi connectivity index (χ0) is 5.70. The summed E-state index contributed by atoms with van der Waals surface area (Å²) < 4.78 is 0. The topological polar surface area (TPSA) is 46.2 Å². The molecule has 7 heavy (non-hydrogen) atoms. The molecular formula is C5H11NO. The lowest BCUT2D eigenvalue weighted by atomic mass is 10.3. The number of nitrogens with two attached hydrogens (primary N) is 1. The Hall–Kier alpha value is -0.340. The van der Waals surface area contributed by atoms with Gasteiger partial charge in [-0.05, 0) is 6.92 Å². The van der Waals surface area contributed by atoms with Crippen molar-refractivity contribution in [2.45, 2.75) is 13.0 Å². The molecule has 0 spiro atoms. The molecule has 0 aromatic rings. The third kappa shape index (κ3) is 3.49. The Morgan fingerprint density at radius 3 is 2.57 bits per heavy atom. The summed E-state index contributed by atoms with van der Waals surface area (Å²) in [4.78, 5) is 0. The fourth-order valence-corrected chi connectivity index (χ4v) is 0.301. The maximum absolute atomic E-state index is 8.65. The van der Waals surface area contributed by atoms with Crippen LogP contribution in [0.3, 0.4) is 0 Å². The Labute approximate surface area is 43.6 Å². The molecule has 0 unspecified atom stereocenters. The Kier molecular flexibility index (Phi) is 3.65. The molecule has 2 nitrogen and oxygen atoms in total. The van der Waals surface area contributed by atoms with Crippen LogP contribution in [0.25, 0.3) is 0 Å². The fourth-order valence-electron chi connectivity index (χ4n) is 0.301. The van der Waals surface area contributed by atoms with E-state index >= 15 is 0 Å². The van der Waals surface area contributed by atoms with E-state index in [1.54, 1.807) is 12.2 Å². The fraction of sp³-hybridized carbons (Fsp3) is 0.600. The molecule has 1 atom stereocenters. The standard InChI is InChI=1S/C5H11NO/c1-2-3-5(7)4-6/h2-3,5,7H,4,6H2,1H3/b3-2+/t5-/m1/s1. The highest BCUT2D eigenvalue weighted by atomic mass is 16.3. The van der Waals surface area contributed by atoms with Crippen molar-refractivity contribution >= 4 is 0 Å². The summed E-state index contributed by atoms with van der Waals surface area (Å²) in [6.45, 7) is 2.16. The van der Waals surface area contributed by atoms with Crippen LogP contribution in [0.15, 0.2) is 12.2 Å². The maximum atomic E-state index is 8.65. The van der Waals surface area contributed by atoms with E-state index in [0.717, 1.165) is 0 Å². The predicted octanol–water partition coefficient (Wildman–Crippen LogP) is -0.118. The Morgan fingerprint density at radius 2 is 2.43 bits per heavy atom. The molecule has 0 aliphatic heterocycles. The normalized spacial score (nSPS) is 15.3. The van der Waals surface area contributed by atoms with Crippen LogP contribution >= 0.6 is 0 Å². The number of aliphatic hydroxyl groups is 1. The molecule has 0 aliphatic rings. The third-order valence-corrected chi connectivity index (χ3v) is 0.656. The number of rotatable bonds is 2. The van der Waals surface area contributed by atoms with Crippen LogP contribution in [-0.4, -0.2) is 17.8 Å². The molecule has 0 heterocycles. The lowest BCUT2D eigenvalue weighted by molar-refractivity contribution is 0.231. The van der Waals surface area contributed by atoms with E-state index in [-0.39, 0.29) is 0 Å². The molecule has 0 amide bonds. The minimum atomic E-state index is -0.454. The van der Waals surface area contributed by atoms with E-state index in [0.29, 0.717) is 6.54 Å². The van der Waals surface area contributed by atoms with Crippen LogP contribution in [0.5, 0.6) is 0 Å². The average molecular weight is 101 g/mol. The minimum absolute atomic E-state index is 0.310. The van der Waals surface area contributed by atoms with Gasteiger partial charge in [0.2, 0.25) is 0 Å². The summed E-state index contributed by atoms with van der Waals surface area (Å²) in [5.41, 5.74) is 5.06. The first-order chi connectivity index (χ1) is 3.31. The number of aliphatic hydroxyl groups excluding tert-OH is 1. The molecule has 0 saturated heterocycles. The summed E-state index contributed by atoms with van der Waals surface area (Å²) in [5, 5.41) is 8.65. The highest BCUT2D eigenvalue weighted by molar-refractivity contribution is 4.85. The second kappa shape index (κ2) is 3.84. The SMILES string of the molecule is C/C=C/[C@@H](O)CN. The third-order valence-electron chi connectivity index (χ3n) is 0.656. The summed E-state index contributed by atoms with van der Waals surface area (Å²) >= 11 is 0. The van der Waals surface area contributed by atoms with Gasteiger partial charge in [-0.1, -0.05) is 12.2 Å². The van der Waals surface area contributed by atoms with Crippen molar-refractivity contribution in [1.29, 1.82) is 0 Å². The van der Waals surface area contributed by atoms with E-state index in [9.17, 15) is 0 Å². The van der Waals surface area contributed by atoms with Gasteiger partial charge in [0, 0.05) is 6.54 Å². The van der Waals surface area contributed by atoms with Gasteiger partial charge in [0.15, 0.2) is 0 Å². The van der Waals surface area contributed by atoms with Gasteiger partial charge in [-0.25, -0.2) is 0 Å². The molecule has 0 rings (SSSR count). The van der Waals surface area contributed by atoms with Crippen molar-refractivity contribution in [1.82, 2.24) is 0 Å². The molecule has 0 aromatic carbocycles. The van der Waals surface area contributed by atoms with Crippen LogP contribution in [0.4, 0.5) is 0 Å². The lowest BCUT2D eigenvalue weighted by Crippen LogP contribution is -2.16. The van der Waals surface area contributed by atoms with Crippen molar-refractivity contribution in [2.24, 2.45) is 5.73 Å². The van der Waals surface area contributed by atoms with Gasteiger partial charge in [0.1, 0.15) is 0 Å². The predicted molar refractivity (Wildman–Crippen MR) is 29.9 cm³/mol. The van der Waals surface area contributed by atoms with Crippen molar-refractivity contribution in [3.63, 3.8) is 0 Å². The second-order valence-electron chi connectivity index (χ2n) is 1.33. The molecule has 0 aromatic heterocycles. The van der Waals surface area contributed by atoms with Gasteiger partial charge < -0.3 is 10.8 Å². The second-order valence-corrected chi connectivity index (χ2v) is 1.33. The minimum Gasteiger partial charge on any atom is -0.388 e. The lowest BCUT2D eigenvalue weighted by Gasteiger charge is -1.95. The Balaban J connectivity index is 3.16. The van der Waals surface area contributed by atoms with Crippen LogP contribution < -0.4 is 5.73 Å². The van der Waals surface area contributed by atoms with Gasteiger partial charge in [-0.15, -0.1) is 0 Å². The zero-order valence-corrected chi connectivity index (χ0v) is 4.46. The van der Waals surface area contributed by atoms with Crippen molar-refractivity contribution in [3.8, 4) is 0 Å². The van der Waals surface area contributed by atoms with Crippen LogP contribution in [0.2, 0.25) is 0 Å². The van der Waals surface area contributed by atoms with E-state index in [1.807, 2.05) is 6.92 Å². The van der Waals surface area contributed by atoms with Gasteiger partial charge in [-0.3, -0.25) is 0 Å². The van der Waals surface area contributed by atoms with E-state index in [2.05, 4.69) is 0 Å². The zero-order valence-electron chi connectivity index (χ0n) is 4.46. The average Bonchev–Trinajstić information content (AvgIpc) is 1.68. The molecule has 0 bridgehead atoms. The molecule has 0 aliphatic carbocycles. The molecule has 0 radical (unpaired) electrons. The van der Waals surface area contributed by atoms with Crippen molar-refractivity contribution < 1.29 is 5.11 Å². The highest BCUT2D eigenvalue weighted by Crippen LogP contribution is 1.78. The monoisotopic (exact) mass is 101 g/mol. The Morgan fingerprint density at radius 1 is 1.86 bits per heavy atom. The molecule has 2 heteroatoms. The first-order valence-corrected chi connectivity index (χ1v) is 2.32. The van der Waals surface area contributed by atoms with E-state index in [4.69, 9.17) is 10.8 Å². The molecule has 0 saturated carbocycles. The first kappa shape index (κ1) is 6.66. The molecule has 0 fully saturated rings. The largest absolute Gasteiger partial charge is 0.388 e. The summed E-state index contributed by atoms with van der Waals surface area (Å²) in [5.74, 6) is 0. The van der Waals surface area contributed by atoms with Gasteiger partial charge in [-0.2, -0.15) is 0 Å². The summed E-state index contributed by atoms with van der Waals surface area (Å²) in [6, 6.07) is 0. The van der Waals surface area contributed by atoms with E-state index in [1.165, 1.54) is 0 Å². The Bertz CT molecular complexity index is 61.1. The smallest absolute Gasteiger partial charge is 0.0843 e. The summed E-state index contributed by atoms with van der Waals surface area (Å²) in [6.07, 6.45) is 2.97. The number of allylic oxidation sites excluding steroid dienone is 1. The van der Waals surface area contributed by atoms with Crippen LogP contribution in [-0.2, 0) is 0 Å². The van der Waals surface area contributed by atoms with Crippen LogP contribution in [0, 0.1) is 0 Å². The van der Waals surface area contributed by atoms with Gasteiger partial charge >= 0.3 is 0 Å². The number of hydrogen-bond acceptors (Lipinski definition) is 2. The highest BCUT2D eigenvalue weighted by Gasteiger charge is 1.88.